The van der Waals surface area contributed by atoms with E-state index in [2.05, 4.69) is 10.9 Å². The molecular formula is C21H26N2O4S. The number of amides is 2. The number of hydrogen-bond donors (Lipinski definition) is 2. The monoisotopic (exact) mass is 402 g/mol. The first-order chi connectivity index (χ1) is 13.6. The van der Waals surface area contributed by atoms with Gasteiger partial charge in [0.15, 0.2) is 6.10 Å². The Bertz CT molecular complexity index is 793. The molecule has 150 valence electrons. The maximum absolute atomic E-state index is 12.4. The summed E-state index contributed by atoms with van der Waals surface area (Å²) in [5.41, 5.74) is 6.20. The number of fused-ring (bicyclic) bond motifs is 1. The summed E-state index contributed by atoms with van der Waals surface area (Å²) < 4.78 is 11.0. The fraction of sp³-hybridized carbons (Fsp3) is 0.429. The molecule has 28 heavy (non-hydrogen) atoms. The third-order valence-corrected chi connectivity index (χ3v) is 5.82. The second-order valence-electron chi connectivity index (χ2n) is 6.73. The van der Waals surface area contributed by atoms with Crippen LogP contribution in [0.3, 0.4) is 0 Å². The number of aryl methyl sites for hydroxylation is 2. The quantitative estimate of drug-likeness (QED) is 0.571. The number of carbonyl (C=O) groups is 2. The normalized spacial score (nSPS) is 14.4. The van der Waals surface area contributed by atoms with Crippen molar-refractivity contribution in [1.82, 2.24) is 10.9 Å². The minimum absolute atomic E-state index is 0.292. The number of thiophene rings is 1. The van der Waals surface area contributed by atoms with Crippen LogP contribution in [-0.4, -0.2) is 24.5 Å². The predicted octanol–water partition coefficient (Wildman–Crippen LogP) is 3.64. The Balaban J connectivity index is 1.49. The molecule has 1 aromatic heterocycles. The Morgan fingerprint density at radius 1 is 1.07 bits per heavy atom. The number of hydrogen-bond acceptors (Lipinski definition) is 5. The van der Waals surface area contributed by atoms with Crippen LogP contribution in [0, 0.1) is 0 Å². The molecule has 1 heterocycles. The minimum Gasteiger partial charge on any atom is -0.494 e. The number of benzene rings is 1. The average molecular weight is 403 g/mol. The van der Waals surface area contributed by atoms with Gasteiger partial charge in [0.2, 0.25) is 0 Å². The van der Waals surface area contributed by atoms with Gasteiger partial charge in [-0.2, -0.15) is 0 Å². The molecule has 0 saturated carbocycles. The molecule has 1 aliphatic rings. The van der Waals surface area contributed by atoms with Gasteiger partial charge in [-0.05, 0) is 75.4 Å². The highest BCUT2D eigenvalue weighted by Gasteiger charge is 2.19. The van der Waals surface area contributed by atoms with Crippen LogP contribution < -0.4 is 20.3 Å². The van der Waals surface area contributed by atoms with Crippen LogP contribution in [-0.2, 0) is 17.6 Å². The van der Waals surface area contributed by atoms with Crippen LogP contribution in [0.5, 0.6) is 11.5 Å². The molecule has 6 nitrogen and oxygen atoms in total. The lowest BCUT2D eigenvalue weighted by Gasteiger charge is -2.15. The van der Waals surface area contributed by atoms with E-state index in [-0.39, 0.29) is 5.91 Å². The van der Waals surface area contributed by atoms with Crippen molar-refractivity contribution >= 4 is 23.2 Å². The molecule has 3 rings (SSSR count). The zero-order valence-electron chi connectivity index (χ0n) is 16.2. The maximum atomic E-state index is 12.4. The Labute approximate surface area is 169 Å². The molecule has 0 bridgehead atoms. The van der Waals surface area contributed by atoms with E-state index in [1.807, 2.05) is 13.0 Å². The average Bonchev–Trinajstić information content (AvgIpc) is 2.98. The Morgan fingerprint density at radius 3 is 2.54 bits per heavy atom. The van der Waals surface area contributed by atoms with E-state index in [1.54, 1.807) is 31.2 Å². The van der Waals surface area contributed by atoms with Gasteiger partial charge < -0.3 is 9.47 Å². The van der Waals surface area contributed by atoms with Crippen molar-refractivity contribution in [2.24, 2.45) is 0 Å². The van der Waals surface area contributed by atoms with E-state index < -0.39 is 12.0 Å². The zero-order valence-corrected chi connectivity index (χ0v) is 17.1. The molecule has 7 heteroatoms. The second-order valence-corrected chi connectivity index (χ2v) is 7.86. The smallest absolute Gasteiger partial charge is 0.279 e. The summed E-state index contributed by atoms with van der Waals surface area (Å²) in [4.78, 5) is 26.5. The van der Waals surface area contributed by atoms with Crippen LogP contribution in [0.1, 0.15) is 53.2 Å². The lowest BCUT2D eigenvalue weighted by Crippen LogP contribution is -2.47. The topological polar surface area (TPSA) is 76.7 Å². The summed E-state index contributed by atoms with van der Waals surface area (Å²) in [7, 11) is 0. The molecule has 1 aliphatic carbocycles. The predicted molar refractivity (Wildman–Crippen MR) is 109 cm³/mol. The lowest BCUT2D eigenvalue weighted by molar-refractivity contribution is -0.128. The fourth-order valence-corrected chi connectivity index (χ4v) is 4.25. The highest BCUT2D eigenvalue weighted by molar-refractivity contribution is 7.14. The number of rotatable bonds is 6. The second kappa shape index (κ2) is 9.59. The molecular weight excluding hydrogens is 376 g/mol. The standard InChI is InChI=1S/C21H26N2O4S/c1-3-26-16-9-11-17(12-10-16)27-14(2)20(24)22-23-21(25)19-13-15-7-5-4-6-8-18(15)28-19/h9-14H,3-8H2,1-2H3,(H,22,24)(H,23,25)/t14-/m1/s1. The summed E-state index contributed by atoms with van der Waals surface area (Å²) in [5.74, 6) is 0.591. The number of hydrazine groups is 1. The molecule has 2 aromatic rings. The van der Waals surface area contributed by atoms with Gasteiger partial charge in [-0.15, -0.1) is 11.3 Å². The van der Waals surface area contributed by atoms with Gasteiger partial charge in [-0.1, -0.05) is 6.42 Å². The van der Waals surface area contributed by atoms with Crippen LogP contribution in [0.4, 0.5) is 0 Å². The number of nitrogens with one attached hydrogen (secondary N) is 2. The van der Waals surface area contributed by atoms with Crippen molar-refractivity contribution in [2.45, 2.75) is 52.1 Å². The maximum Gasteiger partial charge on any atom is 0.279 e. The fourth-order valence-electron chi connectivity index (χ4n) is 3.10. The van der Waals surface area contributed by atoms with Gasteiger partial charge in [-0.25, -0.2) is 0 Å². The molecule has 1 atom stereocenters. The molecule has 0 spiro atoms. The third-order valence-electron chi connectivity index (χ3n) is 4.59. The summed E-state index contributed by atoms with van der Waals surface area (Å²) in [6, 6.07) is 9.00. The first kappa shape index (κ1) is 20.2. The summed E-state index contributed by atoms with van der Waals surface area (Å²) in [6.07, 6.45) is 4.89. The Kier molecular flexibility index (Phi) is 6.92. The van der Waals surface area contributed by atoms with Crippen LogP contribution in [0.25, 0.3) is 0 Å². The van der Waals surface area contributed by atoms with Gasteiger partial charge in [0.05, 0.1) is 11.5 Å². The van der Waals surface area contributed by atoms with E-state index in [1.165, 1.54) is 41.0 Å². The highest BCUT2D eigenvalue weighted by Crippen LogP contribution is 2.28. The van der Waals surface area contributed by atoms with Crippen molar-refractivity contribution in [2.75, 3.05) is 6.61 Å². The summed E-state index contributed by atoms with van der Waals surface area (Å²) >= 11 is 1.52. The van der Waals surface area contributed by atoms with E-state index in [0.717, 1.165) is 18.6 Å². The van der Waals surface area contributed by atoms with Gasteiger partial charge in [-0.3, -0.25) is 20.4 Å². The largest absolute Gasteiger partial charge is 0.494 e. The molecule has 0 unspecified atom stereocenters. The first-order valence-corrected chi connectivity index (χ1v) is 10.5. The van der Waals surface area contributed by atoms with Gasteiger partial charge in [0, 0.05) is 4.88 Å². The minimum atomic E-state index is -0.752. The van der Waals surface area contributed by atoms with Crippen LogP contribution in [0.2, 0.25) is 0 Å². The molecule has 2 N–H and O–H groups in total. The molecule has 0 fully saturated rings. The van der Waals surface area contributed by atoms with Crippen LogP contribution in [0.15, 0.2) is 30.3 Å². The molecule has 0 saturated heterocycles. The Morgan fingerprint density at radius 2 is 1.79 bits per heavy atom. The lowest BCUT2D eigenvalue weighted by atomic mass is 10.1. The SMILES string of the molecule is CCOc1ccc(O[C@H](C)C(=O)NNC(=O)c2cc3c(s2)CCCCC3)cc1. The van der Waals surface area contributed by atoms with Crippen LogP contribution >= 0.6 is 11.3 Å². The van der Waals surface area contributed by atoms with E-state index in [9.17, 15) is 9.59 Å². The Hall–Kier alpha value is -2.54. The molecule has 0 aliphatic heterocycles. The number of carbonyl (C=O) groups excluding carboxylic acids is 2. The first-order valence-electron chi connectivity index (χ1n) is 9.68. The van der Waals surface area contributed by atoms with E-state index in [4.69, 9.17) is 9.47 Å². The van der Waals surface area contributed by atoms with Crippen molar-refractivity contribution in [3.05, 3.63) is 45.6 Å². The molecule has 2 amide bonds. The van der Waals surface area contributed by atoms with Crippen molar-refractivity contribution in [3.8, 4) is 11.5 Å². The van der Waals surface area contributed by atoms with Crippen molar-refractivity contribution < 1.29 is 19.1 Å². The van der Waals surface area contributed by atoms with Gasteiger partial charge in [0.25, 0.3) is 11.8 Å². The van der Waals surface area contributed by atoms with Gasteiger partial charge in [0.1, 0.15) is 11.5 Å². The summed E-state index contributed by atoms with van der Waals surface area (Å²) in [6.45, 7) is 4.13. The van der Waals surface area contributed by atoms with Gasteiger partial charge >= 0.3 is 0 Å². The third kappa shape index (κ3) is 5.25. The highest BCUT2D eigenvalue weighted by atomic mass is 32.1. The van der Waals surface area contributed by atoms with Crippen molar-refractivity contribution in [1.29, 1.82) is 0 Å². The van der Waals surface area contributed by atoms with E-state index >= 15 is 0 Å². The zero-order chi connectivity index (χ0) is 19.9. The summed E-state index contributed by atoms with van der Waals surface area (Å²) in [5, 5.41) is 0. The van der Waals surface area contributed by atoms with E-state index in [0.29, 0.717) is 17.2 Å². The molecule has 1 aromatic carbocycles. The number of ether oxygens (including phenoxy) is 2. The van der Waals surface area contributed by atoms with Crippen molar-refractivity contribution in [3.63, 3.8) is 0 Å². The molecule has 0 radical (unpaired) electrons.